The zero-order chi connectivity index (χ0) is 13.4. The van der Waals surface area contributed by atoms with Gasteiger partial charge in [0.2, 0.25) is 0 Å². The van der Waals surface area contributed by atoms with Crippen molar-refractivity contribution in [3.05, 3.63) is 34.1 Å². The summed E-state index contributed by atoms with van der Waals surface area (Å²) in [5.41, 5.74) is 0.535. The van der Waals surface area contributed by atoms with Crippen LogP contribution in [0.25, 0.3) is 0 Å². The molecular weight excluding hydrogens is 267 g/mol. The fraction of sp³-hybridized carbons (Fsp3) is 0.455. The molecule has 0 aromatic heterocycles. The summed E-state index contributed by atoms with van der Waals surface area (Å²) in [5, 5.41) is 8.96. The van der Waals surface area contributed by atoms with Crippen molar-refractivity contribution in [2.45, 2.75) is 25.2 Å². The number of hydrogen-bond acceptors (Lipinski definition) is 3. The molecular formula is C11H14ClFO3S. The van der Waals surface area contributed by atoms with E-state index in [2.05, 4.69) is 0 Å². The molecule has 0 saturated heterocycles. The molecule has 0 radical (unpaired) electrons. The van der Waals surface area contributed by atoms with E-state index in [0.717, 1.165) is 12.3 Å². The van der Waals surface area contributed by atoms with Crippen molar-refractivity contribution in [3.8, 4) is 0 Å². The molecule has 0 aliphatic heterocycles. The van der Waals surface area contributed by atoms with Crippen LogP contribution in [-0.2, 0) is 9.84 Å². The summed E-state index contributed by atoms with van der Waals surface area (Å²) in [4.78, 5) is 0. The van der Waals surface area contributed by atoms with Crippen molar-refractivity contribution >= 4 is 21.4 Å². The largest absolute Gasteiger partial charge is 0.387 e. The van der Waals surface area contributed by atoms with Crippen LogP contribution >= 0.6 is 11.6 Å². The van der Waals surface area contributed by atoms with E-state index < -0.39 is 27.0 Å². The maximum Gasteiger partial charge on any atom is 0.152 e. The number of rotatable bonds is 3. The molecule has 2 atom stereocenters. The smallest absolute Gasteiger partial charge is 0.152 e. The zero-order valence-corrected chi connectivity index (χ0v) is 11.3. The van der Waals surface area contributed by atoms with Crippen LogP contribution in [0.15, 0.2) is 12.1 Å². The average molecular weight is 281 g/mol. The molecule has 17 heavy (non-hydrogen) atoms. The molecule has 1 aromatic rings. The van der Waals surface area contributed by atoms with E-state index in [0.29, 0.717) is 5.56 Å². The Morgan fingerprint density at radius 2 is 1.94 bits per heavy atom. The molecule has 0 fully saturated rings. The van der Waals surface area contributed by atoms with Gasteiger partial charge in [-0.1, -0.05) is 11.6 Å². The number of halogens is 2. The number of benzene rings is 1. The number of aryl methyl sites for hydroxylation is 1. The molecule has 0 heterocycles. The van der Waals surface area contributed by atoms with E-state index in [4.69, 9.17) is 11.6 Å². The van der Waals surface area contributed by atoms with Crippen molar-refractivity contribution in [1.29, 1.82) is 0 Å². The quantitative estimate of drug-likeness (QED) is 0.924. The maximum atomic E-state index is 13.2. The first kappa shape index (κ1) is 14.4. The van der Waals surface area contributed by atoms with E-state index in [1.807, 2.05) is 0 Å². The second-order valence-electron chi connectivity index (χ2n) is 4.10. The topological polar surface area (TPSA) is 54.4 Å². The lowest BCUT2D eigenvalue weighted by Gasteiger charge is -2.19. The minimum atomic E-state index is -3.39. The van der Waals surface area contributed by atoms with Crippen LogP contribution in [0.4, 0.5) is 4.39 Å². The molecule has 0 aliphatic carbocycles. The molecule has 96 valence electrons. The van der Waals surface area contributed by atoms with Gasteiger partial charge >= 0.3 is 0 Å². The van der Waals surface area contributed by atoms with E-state index >= 15 is 0 Å². The summed E-state index contributed by atoms with van der Waals surface area (Å²) in [6, 6.07) is 2.44. The van der Waals surface area contributed by atoms with Crippen molar-refractivity contribution in [1.82, 2.24) is 0 Å². The second kappa shape index (κ2) is 4.92. The van der Waals surface area contributed by atoms with Gasteiger partial charge in [-0.15, -0.1) is 0 Å². The lowest BCUT2D eigenvalue weighted by Crippen LogP contribution is -2.24. The van der Waals surface area contributed by atoms with E-state index in [1.54, 1.807) is 0 Å². The molecule has 0 spiro atoms. The highest BCUT2D eigenvalue weighted by Gasteiger charge is 2.27. The lowest BCUT2D eigenvalue weighted by molar-refractivity contribution is 0.176. The highest BCUT2D eigenvalue weighted by atomic mass is 35.5. The van der Waals surface area contributed by atoms with Gasteiger partial charge in [0.15, 0.2) is 9.84 Å². The molecule has 0 aliphatic rings. The van der Waals surface area contributed by atoms with Crippen molar-refractivity contribution < 1.29 is 17.9 Å². The van der Waals surface area contributed by atoms with Gasteiger partial charge in [0.05, 0.1) is 11.4 Å². The Hall–Kier alpha value is -0.650. The summed E-state index contributed by atoms with van der Waals surface area (Å²) < 4.78 is 35.8. The summed E-state index contributed by atoms with van der Waals surface area (Å²) in [6.07, 6.45) is -0.234. The van der Waals surface area contributed by atoms with Crippen molar-refractivity contribution in [2.24, 2.45) is 0 Å². The molecule has 1 aromatic carbocycles. The predicted molar refractivity (Wildman–Crippen MR) is 65.4 cm³/mol. The second-order valence-corrected chi connectivity index (χ2v) is 6.91. The first-order valence-electron chi connectivity index (χ1n) is 4.97. The van der Waals surface area contributed by atoms with Crippen molar-refractivity contribution in [2.75, 3.05) is 6.26 Å². The zero-order valence-electron chi connectivity index (χ0n) is 9.74. The summed E-state index contributed by atoms with van der Waals surface area (Å²) in [6.45, 7) is 2.90. The summed E-state index contributed by atoms with van der Waals surface area (Å²) in [7, 11) is -3.39. The van der Waals surface area contributed by atoms with Crippen LogP contribution in [0.3, 0.4) is 0 Å². The van der Waals surface area contributed by atoms with Gasteiger partial charge in [-0.2, -0.15) is 0 Å². The first-order valence-corrected chi connectivity index (χ1v) is 7.30. The molecule has 0 amide bonds. The average Bonchev–Trinajstić information content (AvgIpc) is 2.20. The summed E-state index contributed by atoms with van der Waals surface area (Å²) >= 11 is 5.80. The predicted octanol–water partition coefficient (Wildman–Crippen LogP) is 2.25. The van der Waals surface area contributed by atoms with Gasteiger partial charge in [-0.3, -0.25) is 0 Å². The Morgan fingerprint density at radius 1 is 1.41 bits per heavy atom. The Labute approximate surface area is 105 Å². The van der Waals surface area contributed by atoms with E-state index in [-0.39, 0.29) is 10.6 Å². The summed E-state index contributed by atoms with van der Waals surface area (Å²) in [5.74, 6) is -0.488. The molecule has 0 bridgehead atoms. The number of sulfone groups is 1. The molecule has 0 saturated carbocycles. The third-order valence-corrected chi connectivity index (χ3v) is 4.65. The SMILES string of the molecule is Cc1cc(C(O)C(C)S(C)(=O)=O)c(Cl)cc1F. The fourth-order valence-electron chi connectivity index (χ4n) is 1.39. The van der Waals surface area contributed by atoms with E-state index in [1.165, 1.54) is 19.9 Å². The standard InChI is InChI=1S/C11H14ClFO3S/c1-6-4-8(9(12)5-10(6)13)11(14)7(2)17(3,15)16/h4-5,7,11,14H,1-3H3. The lowest BCUT2D eigenvalue weighted by atomic mass is 10.0. The third kappa shape index (κ3) is 3.18. The van der Waals surface area contributed by atoms with Crippen LogP contribution in [-0.4, -0.2) is 25.0 Å². The number of aliphatic hydroxyl groups excluding tert-OH is 1. The number of aliphatic hydroxyl groups is 1. The van der Waals surface area contributed by atoms with Gasteiger partial charge < -0.3 is 5.11 Å². The van der Waals surface area contributed by atoms with Gasteiger partial charge in [-0.05, 0) is 31.5 Å². The number of hydrogen-bond donors (Lipinski definition) is 1. The Kier molecular flexibility index (Phi) is 4.17. The van der Waals surface area contributed by atoms with Gasteiger partial charge in [0, 0.05) is 16.8 Å². The molecule has 1 N–H and O–H groups in total. The fourth-order valence-corrected chi connectivity index (χ4v) is 2.27. The van der Waals surface area contributed by atoms with Gasteiger partial charge in [0.25, 0.3) is 0 Å². The minimum absolute atomic E-state index is 0.0242. The van der Waals surface area contributed by atoms with Crippen LogP contribution in [0.5, 0.6) is 0 Å². The van der Waals surface area contributed by atoms with Crippen LogP contribution in [0, 0.1) is 12.7 Å². The highest BCUT2D eigenvalue weighted by Crippen LogP contribution is 2.30. The Balaban J connectivity index is 3.22. The monoisotopic (exact) mass is 280 g/mol. The van der Waals surface area contributed by atoms with Gasteiger partial charge in [-0.25, -0.2) is 12.8 Å². The van der Waals surface area contributed by atoms with Gasteiger partial charge in [0.1, 0.15) is 5.82 Å². The Bertz CT molecular complexity index is 528. The molecule has 6 heteroatoms. The minimum Gasteiger partial charge on any atom is -0.387 e. The Morgan fingerprint density at radius 3 is 2.41 bits per heavy atom. The molecule has 1 rings (SSSR count). The van der Waals surface area contributed by atoms with Crippen LogP contribution in [0.2, 0.25) is 5.02 Å². The molecule has 2 unspecified atom stereocenters. The van der Waals surface area contributed by atoms with Crippen molar-refractivity contribution in [3.63, 3.8) is 0 Å². The van der Waals surface area contributed by atoms with Crippen LogP contribution < -0.4 is 0 Å². The molecule has 3 nitrogen and oxygen atoms in total. The van der Waals surface area contributed by atoms with E-state index in [9.17, 15) is 17.9 Å². The third-order valence-electron chi connectivity index (χ3n) is 2.72. The first-order chi connectivity index (χ1) is 7.64. The maximum absolute atomic E-state index is 13.2. The van der Waals surface area contributed by atoms with Crippen LogP contribution in [0.1, 0.15) is 24.2 Å². The highest BCUT2D eigenvalue weighted by molar-refractivity contribution is 7.91. The normalized spacial score (nSPS) is 15.6.